The molecule has 1 aliphatic rings. The lowest BCUT2D eigenvalue weighted by atomic mass is 10.1. The van der Waals surface area contributed by atoms with Crippen molar-refractivity contribution in [1.29, 1.82) is 0 Å². The van der Waals surface area contributed by atoms with E-state index in [1.807, 2.05) is 22.6 Å². The Hall–Kier alpha value is -3.48. The first kappa shape index (κ1) is 25.6. The maximum Gasteiger partial charge on any atom is 0.363 e. The number of cyclic esters (lactones) is 1. The van der Waals surface area contributed by atoms with Gasteiger partial charge in [0, 0.05) is 17.2 Å². The van der Waals surface area contributed by atoms with Gasteiger partial charge in [0.25, 0.3) is 5.69 Å². The Balaban J connectivity index is 1.62. The van der Waals surface area contributed by atoms with E-state index >= 15 is 0 Å². The van der Waals surface area contributed by atoms with Gasteiger partial charge in [0.1, 0.15) is 0 Å². The molecular weight excluding hydrogens is 626 g/mol. The van der Waals surface area contributed by atoms with Crippen LogP contribution in [-0.4, -0.2) is 29.9 Å². The summed E-state index contributed by atoms with van der Waals surface area (Å²) in [6, 6.07) is 13.2. The van der Waals surface area contributed by atoms with Crippen LogP contribution in [0.25, 0.3) is 6.08 Å². The van der Waals surface area contributed by atoms with E-state index in [0.29, 0.717) is 19.7 Å². The fraction of sp³-hybridized carbons (Fsp3) is 0.0417. The van der Waals surface area contributed by atoms with E-state index in [9.17, 15) is 19.7 Å². The van der Waals surface area contributed by atoms with Crippen molar-refractivity contribution in [2.45, 2.75) is 0 Å². The van der Waals surface area contributed by atoms with Gasteiger partial charge in [-0.25, -0.2) is 14.6 Å². The zero-order valence-corrected chi connectivity index (χ0v) is 21.8. The molecule has 0 spiro atoms. The van der Waals surface area contributed by atoms with Crippen LogP contribution >= 0.6 is 45.8 Å². The number of nitrogens with zero attached hydrogens (tertiary/aromatic N) is 2. The number of hydrogen-bond acceptors (Lipinski definition) is 8. The molecule has 0 radical (unpaired) electrons. The number of nitro benzene ring substituents is 1. The molecule has 0 N–H and O–H groups in total. The first-order valence-corrected chi connectivity index (χ1v) is 11.8. The smallest absolute Gasteiger partial charge is 0.363 e. The van der Waals surface area contributed by atoms with Gasteiger partial charge in [0.2, 0.25) is 5.90 Å². The van der Waals surface area contributed by atoms with E-state index in [4.69, 9.17) is 37.4 Å². The minimum Gasteiger partial charge on any atom is -0.493 e. The molecule has 3 aromatic rings. The van der Waals surface area contributed by atoms with Crippen molar-refractivity contribution in [1.82, 2.24) is 0 Å². The van der Waals surface area contributed by atoms with E-state index in [1.54, 1.807) is 36.4 Å². The SMILES string of the molecule is COc1cc(/C=C2\N=C(c3ccc([N+](=O)[O-])cc3Cl)OC2=O)cc(I)c1OC(=O)c1ccc(Cl)cc1. The van der Waals surface area contributed by atoms with Gasteiger partial charge in [-0.15, -0.1) is 0 Å². The Labute approximate surface area is 227 Å². The molecule has 0 saturated carbocycles. The monoisotopic (exact) mass is 638 g/mol. The van der Waals surface area contributed by atoms with Crippen molar-refractivity contribution in [3.05, 3.63) is 101 Å². The number of methoxy groups -OCH3 is 1. The molecule has 0 amide bonds. The number of esters is 2. The number of hydrogen-bond donors (Lipinski definition) is 0. The fourth-order valence-corrected chi connectivity index (χ4v) is 4.25. The third-order valence-corrected chi connectivity index (χ3v) is 6.21. The lowest BCUT2D eigenvalue weighted by Crippen LogP contribution is -2.10. The van der Waals surface area contributed by atoms with E-state index < -0.39 is 16.9 Å². The zero-order chi connectivity index (χ0) is 26.0. The summed E-state index contributed by atoms with van der Waals surface area (Å²) in [5, 5.41) is 11.4. The summed E-state index contributed by atoms with van der Waals surface area (Å²) >= 11 is 14.0. The Kier molecular flexibility index (Phi) is 7.57. The molecule has 0 saturated heterocycles. The Morgan fingerprint density at radius 1 is 1.14 bits per heavy atom. The number of benzene rings is 3. The molecule has 0 atom stereocenters. The third-order valence-electron chi connectivity index (χ3n) is 4.84. The largest absolute Gasteiger partial charge is 0.493 e. The number of rotatable bonds is 6. The summed E-state index contributed by atoms with van der Waals surface area (Å²) in [4.78, 5) is 39.5. The highest BCUT2D eigenvalue weighted by molar-refractivity contribution is 14.1. The zero-order valence-electron chi connectivity index (χ0n) is 18.2. The number of ether oxygens (including phenoxy) is 3. The molecule has 36 heavy (non-hydrogen) atoms. The molecule has 3 aromatic carbocycles. The van der Waals surface area contributed by atoms with Crippen molar-refractivity contribution < 1.29 is 28.7 Å². The molecule has 1 aliphatic heterocycles. The summed E-state index contributed by atoms with van der Waals surface area (Å²) in [7, 11) is 1.42. The van der Waals surface area contributed by atoms with Crippen LogP contribution in [0, 0.1) is 13.7 Å². The summed E-state index contributed by atoms with van der Waals surface area (Å²) < 4.78 is 16.7. The van der Waals surface area contributed by atoms with Crippen LogP contribution in [0.2, 0.25) is 10.0 Å². The lowest BCUT2D eigenvalue weighted by molar-refractivity contribution is -0.384. The second-order valence-electron chi connectivity index (χ2n) is 7.19. The maximum atomic E-state index is 12.5. The highest BCUT2D eigenvalue weighted by atomic mass is 127. The van der Waals surface area contributed by atoms with E-state index in [-0.39, 0.29) is 39.4 Å². The van der Waals surface area contributed by atoms with Gasteiger partial charge in [-0.1, -0.05) is 23.2 Å². The molecule has 0 fully saturated rings. The normalized spacial score (nSPS) is 13.8. The molecule has 0 aromatic heterocycles. The first-order valence-electron chi connectivity index (χ1n) is 9.98. The minimum atomic E-state index is -0.730. The third kappa shape index (κ3) is 5.50. The van der Waals surface area contributed by atoms with Gasteiger partial charge >= 0.3 is 11.9 Å². The highest BCUT2D eigenvalue weighted by Gasteiger charge is 2.27. The molecule has 0 unspecified atom stereocenters. The average Bonchev–Trinajstić information content (AvgIpc) is 3.20. The van der Waals surface area contributed by atoms with Gasteiger partial charge in [-0.3, -0.25) is 10.1 Å². The molecule has 0 bridgehead atoms. The fourth-order valence-electron chi connectivity index (χ4n) is 3.13. The molecule has 4 rings (SSSR count). The molecule has 1 heterocycles. The van der Waals surface area contributed by atoms with Gasteiger partial charge in [-0.2, -0.15) is 0 Å². The van der Waals surface area contributed by atoms with Crippen LogP contribution in [0.4, 0.5) is 5.69 Å². The number of aliphatic imine (C=N–C) groups is 1. The van der Waals surface area contributed by atoms with Crippen LogP contribution in [0.5, 0.6) is 11.5 Å². The molecule has 12 heteroatoms. The lowest BCUT2D eigenvalue weighted by Gasteiger charge is -2.12. The Morgan fingerprint density at radius 2 is 1.86 bits per heavy atom. The quantitative estimate of drug-likeness (QED) is 0.0802. The standard InChI is InChI=1S/C24H13Cl2IN2O7/c1-34-20-10-12(8-18(27)21(20)35-23(30)13-2-4-14(25)5-3-13)9-19-24(31)36-22(28-19)16-7-6-15(29(32)33)11-17(16)26/h2-11H,1H3/b19-9-. The summed E-state index contributed by atoms with van der Waals surface area (Å²) in [5.41, 5.74) is 0.833. The number of nitro groups is 1. The Bertz CT molecular complexity index is 1470. The van der Waals surface area contributed by atoms with Crippen molar-refractivity contribution in [3.63, 3.8) is 0 Å². The van der Waals surface area contributed by atoms with E-state index in [2.05, 4.69) is 4.99 Å². The van der Waals surface area contributed by atoms with Crippen molar-refractivity contribution in [2.75, 3.05) is 7.11 Å². The second kappa shape index (κ2) is 10.6. The van der Waals surface area contributed by atoms with Crippen LogP contribution < -0.4 is 9.47 Å². The van der Waals surface area contributed by atoms with Crippen molar-refractivity contribution in [2.24, 2.45) is 4.99 Å². The van der Waals surface area contributed by atoms with Gasteiger partial charge < -0.3 is 14.2 Å². The highest BCUT2D eigenvalue weighted by Crippen LogP contribution is 2.36. The first-order chi connectivity index (χ1) is 17.2. The second-order valence-corrected chi connectivity index (χ2v) is 9.19. The molecule has 182 valence electrons. The van der Waals surface area contributed by atoms with E-state index in [1.165, 1.54) is 25.3 Å². The predicted octanol–water partition coefficient (Wildman–Crippen LogP) is 6.08. The number of halogens is 3. The van der Waals surface area contributed by atoms with Crippen molar-refractivity contribution >= 4 is 75.4 Å². The number of carbonyl (C=O) groups excluding carboxylic acids is 2. The van der Waals surface area contributed by atoms with Crippen LogP contribution in [0.15, 0.2) is 65.3 Å². The predicted molar refractivity (Wildman–Crippen MR) is 141 cm³/mol. The number of non-ortho nitro benzene ring substituents is 1. The van der Waals surface area contributed by atoms with Crippen LogP contribution in [0.3, 0.4) is 0 Å². The summed E-state index contributed by atoms with van der Waals surface area (Å²) in [5.74, 6) is -0.948. The van der Waals surface area contributed by atoms with Crippen LogP contribution in [0.1, 0.15) is 21.5 Å². The van der Waals surface area contributed by atoms with Gasteiger partial charge in [-0.05, 0) is 76.7 Å². The average molecular weight is 639 g/mol. The van der Waals surface area contributed by atoms with Gasteiger partial charge in [0.15, 0.2) is 17.2 Å². The summed E-state index contributed by atoms with van der Waals surface area (Å²) in [6.45, 7) is 0. The number of carbonyl (C=O) groups is 2. The maximum absolute atomic E-state index is 12.5. The molecule has 0 aliphatic carbocycles. The van der Waals surface area contributed by atoms with Gasteiger partial charge in [0.05, 0.1) is 31.8 Å². The van der Waals surface area contributed by atoms with Crippen molar-refractivity contribution in [3.8, 4) is 11.5 Å². The van der Waals surface area contributed by atoms with E-state index in [0.717, 1.165) is 6.07 Å². The van der Waals surface area contributed by atoms with Crippen LogP contribution in [-0.2, 0) is 9.53 Å². The molecule has 9 nitrogen and oxygen atoms in total. The molecular formula is C24H13Cl2IN2O7. The summed E-state index contributed by atoms with van der Waals surface area (Å²) in [6.07, 6.45) is 1.46. The minimum absolute atomic E-state index is 0.0140. The topological polar surface area (TPSA) is 117 Å². The Morgan fingerprint density at radius 3 is 2.50 bits per heavy atom.